The molecule has 1 aromatic rings. The van der Waals surface area contributed by atoms with Crippen molar-refractivity contribution >= 4 is 11.9 Å². The molecule has 0 atom stereocenters. The van der Waals surface area contributed by atoms with Crippen molar-refractivity contribution in [3.05, 3.63) is 23.5 Å². The van der Waals surface area contributed by atoms with Gasteiger partial charge in [-0.2, -0.15) is 0 Å². The molecule has 1 heterocycles. The summed E-state index contributed by atoms with van der Waals surface area (Å²) < 4.78 is 14.2. The fourth-order valence-electron chi connectivity index (χ4n) is 1.21. The Bertz CT molecular complexity index is 430. The maximum Gasteiger partial charge on any atom is 0.343 e. The summed E-state index contributed by atoms with van der Waals surface area (Å²) in [5, 5.41) is 0. The maximum absolute atomic E-state index is 11.5. The van der Waals surface area contributed by atoms with Crippen LogP contribution in [0.1, 0.15) is 15.9 Å². The molecule has 0 radical (unpaired) electrons. The van der Waals surface area contributed by atoms with Crippen LogP contribution in [0.25, 0.3) is 0 Å². The van der Waals surface area contributed by atoms with Gasteiger partial charge in [-0.1, -0.05) is 0 Å². The van der Waals surface area contributed by atoms with Crippen molar-refractivity contribution < 1.29 is 23.8 Å². The fraction of sp³-hybridized carbons (Fsp3) is 0.364. The van der Waals surface area contributed by atoms with Crippen molar-refractivity contribution in [1.82, 2.24) is 4.98 Å². The van der Waals surface area contributed by atoms with Gasteiger partial charge in [-0.05, 0) is 12.5 Å². The van der Waals surface area contributed by atoms with Gasteiger partial charge < -0.3 is 14.2 Å². The van der Waals surface area contributed by atoms with Gasteiger partial charge in [-0.15, -0.1) is 0 Å². The van der Waals surface area contributed by atoms with Gasteiger partial charge in [-0.25, -0.2) is 9.59 Å². The largest absolute Gasteiger partial charge is 0.479 e. The van der Waals surface area contributed by atoms with E-state index in [1.165, 1.54) is 26.6 Å². The predicted octanol–water partition coefficient (Wildman–Crippen LogP) is 0.728. The van der Waals surface area contributed by atoms with Crippen molar-refractivity contribution in [3.8, 4) is 5.75 Å². The smallest absolute Gasteiger partial charge is 0.343 e. The zero-order valence-corrected chi connectivity index (χ0v) is 9.85. The zero-order valence-electron chi connectivity index (χ0n) is 9.85. The number of rotatable bonds is 4. The topological polar surface area (TPSA) is 74.7 Å². The molecule has 0 saturated carbocycles. The third-order valence-electron chi connectivity index (χ3n) is 2.06. The molecule has 0 aliphatic heterocycles. The van der Waals surface area contributed by atoms with Crippen molar-refractivity contribution in [2.24, 2.45) is 0 Å². The number of pyridine rings is 1. The van der Waals surface area contributed by atoms with Crippen molar-refractivity contribution in [2.75, 3.05) is 20.8 Å². The highest BCUT2D eigenvalue weighted by atomic mass is 16.6. The molecule has 0 fully saturated rings. The second-order valence-electron chi connectivity index (χ2n) is 3.19. The normalized spacial score (nSPS) is 9.59. The van der Waals surface area contributed by atoms with Crippen LogP contribution in [0.2, 0.25) is 0 Å². The summed E-state index contributed by atoms with van der Waals surface area (Å²) in [7, 11) is 2.52. The molecule has 0 aliphatic rings. The molecule has 0 aliphatic carbocycles. The van der Waals surface area contributed by atoms with Crippen LogP contribution in [0.4, 0.5) is 0 Å². The Hall–Kier alpha value is -2.11. The number of aryl methyl sites for hydroxylation is 1. The van der Waals surface area contributed by atoms with Crippen LogP contribution in [0.5, 0.6) is 5.75 Å². The fourth-order valence-corrected chi connectivity index (χ4v) is 1.21. The second kappa shape index (κ2) is 5.83. The maximum atomic E-state index is 11.5. The molecular formula is C11H13NO5. The van der Waals surface area contributed by atoms with E-state index >= 15 is 0 Å². The van der Waals surface area contributed by atoms with Gasteiger partial charge in [0, 0.05) is 6.20 Å². The van der Waals surface area contributed by atoms with Crippen molar-refractivity contribution in [1.29, 1.82) is 0 Å². The first-order chi connectivity index (χ1) is 8.10. The highest BCUT2D eigenvalue weighted by Gasteiger charge is 2.17. The van der Waals surface area contributed by atoms with Crippen LogP contribution in [0.15, 0.2) is 12.4 Å². The third kappa shape index (κ3) is 3.17. The van der Waals surface area contributed by atoms with E-state index in [-0.39, 0.29) is 17.9 Å². The van der Waals surface area contributed by atoms with E-state index in [9.17, 15) is 9.59 Å². The first-order valence-electron chi connectivity index (χ1n) is 4.82. The van der Waals surface area contributed by atoms with E-state index in [0.29, 0.717) is 5.56 Å². The Morgan fingerprint density at radius 1 is 1.24 bits per heavy atom. The Morgan fingerprint density at radius 3 is 2.53 bits per heavy atom. The molecule has 6 heteroatoms. The first-order valence-corrected chi connectivity index (χ1v) is 4.82. The number of ether oxygens (including phenoxy) is 3. The Balaban J connectivity index is 2.94. The number of hydrogen-bond donors (Lipinski definition) is 0. The van der Waals surface area contributed by atoms with E-state index in [2.05, 4.69) is 14.5 Å². The Labute approximate surface area is 98.5 Å². The minimum absolute atomic E-state index is 0.197. The minimum atomic E-state index is -0.540. The molecule has 0 N–H and O–H groups in total. The lowest BCUT2D eigenvalue weighted by Gasteiger charge is -2.10. The highest BCUT2D eigenvalue weighted by Crippen LogP contribution is 2.21. The average Bonchev–Trinajstić information content (AvgIpc) is 2.35. The third-order valence-corrected chi connectivity index (χ3v) is 2.06. The van der Waals surface area contributed by atoms with E-state index in [4.69, 9.17) is 4.74 Å². The summed E-state index contributed by atoms with van der Waals surface area (Å²) in [6.07, 6.45) is 2.86. The molecule has 0 amide bonds. The average molecular weight is 239 g/mol. The van der Waals surface area contributed by atoms with Gasteiger partial charge in [0.1, 0.15) is 5.56 Å². The molecule has 1 rings (SSSR count). The molecule has 17 heavy (non-hydrogen) atoms. The molecule has 1 aromatic heterocycles. The lowest BCUT2D eigenvalue weighted by atomic mass is 10.1. The minimum Gasteiger partial charge on any atom is -0.479 e. The van der Waals surface area contributed by atoms with Gasteiger partial charge in [0.2, 0.25) is 0 Å². The van der Waals surface area contributed by atoms with Gasteiger partial charge >= 0.3 is 11.9 Å². The summed E-state index contributed by atoms with van der Waals surface area (Å²) in [5.41, 5.74) is 0.866. The number of aromatic nitrogens is 1. The van der Waals surface area contributed by atoms with Gasteiger partial charge in [0.05, 0.1) is 20.4 Å². The predicted molar refractivity (Wildman–Crippen MR) is 57.8 cm³/mol. The summed E-state index contributed by atoms with van der Waals surface area (Å²) in [6, 6.07) is 0. The lowest BCUT2D eigenvalue weighted by molar-refractivity contribution is -0.142. The monoisotopic (exact) mass is 239 g/mol. The van der Waals surface area contributed by atoms with Gasteiger partial charge in [0.25, 0.3) is 0 Å². The molecule has 0 unspecified atom stereocenters. The van der Waals surface area contributed by atoms with Crippen molar-refractivity contribution in [3.63, 3.8) is 0 Å². The highest BCUT2D eigenvalue weighted by molar-refractivity contribution is 5.93. The van der Waals surface area contributed by atoms with Crippen LogP contribution < -0.4 is 4.74 Å². The van der Waals surface area contributed by atoms with Gasteiger partial charge in [-0.3, -0.25) is 4.98 Å². The summed E-state index contributed by atoms with van der Waals surface area (Å²) >= 11 is 0. The summed E-state index contributed by atoms with van der Waals surface area (Å²) in [5.74, 6) is -0.880. The van der Waals surface area contributed by atoms with E-state index in [1.807, 2.05) is 0 Å². The van der Waals surface area contributed by atoms with Crippen LogP contribution in [0, 0.1) is 6.92 Å². The number of esters is 2. The molecule has 6 nitrogen and oxygen atoms in total. The number of methoxy groups -OCH3 is 2. The molecule has 0 aromatic carbocycles. The van der Waals surface area contributed by atoms with E-state index < -0.39 is 11.9 Å². The zero-order chi connectivity index (χ0) is 12.8. The molecule has 0 bridgehead atoms. The molecule has 0 saturated heterocycles. The Kier molecular flexibility index (Phi) is 4.45. The Morgan fingerprint density at radius 2 is 1.94 bits per heavy atom. The number of hydrogen-bond acceptors (Lipinski definition) is 6. The van der Waals surface area contributed by atoms with Crippen LogP contribution in [0.3, 0.4) is 0 Å². The van der Waals surface area contributed by atoms with E-state index in [0.717, 1.165) is 0 Å². The number of nitrogens with zero attached hydrogens (tertiary/aromatic N) is 1. The van der Waals surface area contributed by atoms with Crippen molar-refractivity contribution in [2.45, 2.75) is 6.92 Å². The van der Waals surface area contributed by atoms with Crippen LogP contribution >= 0.6 is 0 Å². The first kappa shape index (κ1) is 13.0. The van der Waals surface area contributed by atoms with Gasteiger partial charge in [0.15, 0.2) is 12.4 Å². The molecule has 92 valence electrons. The SMILES string of the molecule is COC(=O)COc1cncc(C)c1C(=O)OC. The summed E-state index contributed by atoms with van der Waals surface area (Å²) in [6.45, 7) is 1.41. The van der Waals surface area contributed by atoms with Crippen LogP contribution in [-0.4, -0.2) is 37.7 Å². The lowest BCUT2D eigenvalue weighted by Crippen LogP contribution is -2.15. The number of carbonyl (C=O) groups is 2. The summed E-state index contributed by atoms with van der Waals surface area (Å²) in [4.78, 5) is 26.3. The molecule has 0 spiro atoms. The standard InChI is InChI=1S/C11H13NO5/c1-7-4-12-5-8(10(7)11(14)16-3)17-6-9(13)15-2/h4-5H,6H2,1-3H3. The second-order valence-corrected chi connectivity index (χ2v) is 3.19. The number of carbonyl (C=O) groups excluding carboxylic acids is 2. The van der Waals surface area contributed by atoms with Crippen LogP contribution in [-0.2, 0) is 14.3 Å². The van der Waals surface area contributed by atoms with E-state index in [1.54, 1.807) is 6.92 Å². The molecular weight excluding hydrogens is 226 g/mol. The quantitative estimate of drug-likeness (QED) is 0.721.